The van der Waals surface area contributed by atoms with Gasteiger partial charge in [-0.3, -0.25) is 9.59 Å². The standard InChI is InChI=1S/C11H15N3O3/c1-7(9-3-2-6-17-9)12-11(16)8-4-5-10(15)14-13-8/h4-5,7,9H,2-3,6H2,1H3,(H,12,16)(H,14,15)/t7-,9-/m1/s1. The molecule has 2 rings (SSSR count). The van der Waals surface area contributed by atoms with Crippen LogP contribution in [0.15, 0.2) is 16.9 Å². The second-order valence-electron chi connectivity index (χ2n) is 4.12. The summed E-state index contributed by atoms with van der Waals surface area (Å²) < 4.78 is 5.48. The number of hydrogen-bond donors (Lipinski definition) is 2. The molecular formula is C11H15N3O3. The first-order valence-electron chi connectivity index (χ1n) is 5.65. The average Bonchev–Trinajstić information content (AvgIpc) is 2.83. The molecule has 1 saturated heterocycles. The van der Waals surface area contributed by atoms with Crippen LogP contribution in [0.25, 0.3) is 0 Å². The number of carbonyl (C=O) groups is 1. The van der Waals surface area contributed by atoms with E-state index in [1.54, 1.807) is 0 Å². The fourth-order valence-electron chi connectivity index (χ4n) is 1.84. The summed E-state index contributed by atoms with van der Waals surface area (Å²) in [6, 6.07) is 2.62. The van der Waals surface area contributed by atoms with E-state index in [4.69, 9.17) is 4.74 Å². The van der Waals surface area contributed by atoms with E-state index in [9.17, 15) is 9.59 Å². The normalized spacial score (nSPS) is 21.1. The molecule has 1 aliphatic rings. The molecule has 0 unspecified atom stereocenters. The van der Waals surface area contributed by atoms with Gasteiger partial charge in [0.1, 0.15) is 5.69 Å². The van der Waals surface area contributed by atoms with Crippen LogP contribution in [-0.4, -0.2) is 34.9 Å². The number of carbonyl (C=O) groups excluding carboxylic acids is 1. The van der Waals surface area contributed by atoms with Crippen molar-refractivity contribution in [2.24, 2.45) is 0 Å². The Kier molecular flexibility index (Phi) is 3.53. The number of hydrogen-bond acceptors (Lipinski definition) is 4. The van der Waals surface area contributed by atoms with Crippen LogP contribution in [0.5, 0.6) is 0 Å². The summed E-state index contributed by atoms with van der Waals surface area (Å²) in [6.07, 6.45) is 2.06. The van der Waals surface area contributed by atoms with Crippen molar-refractivity contribution in [1.29, 1.82) is 0 Å². The van der Waals surface area contributed by atoms with Gasteiger partial charge in [-0.05, 0) is 25.8 Å². The summed E-state index contributed by atoms with van der Waals surface area (Å²) in [5.74, 6) is -0.302. The van der Waals surface area contributed by atoms with Gasteiger partial charge >= 0.3 is 0 Å². The largest absolute Gasteiger partial charge is 0.376 e. The SMILES string of the molecule is C[C@@H](NC(=O)c1ccc(=O)[nH]n1)[C@H]1CCCO1. The highest BCUT2D eigenvalue weighted by molar-refractivity contribution is 5.92. The number of nitrogens with zero attached hydrogens (tertiary/aromatic N) is 1. The van der Waals surface area contributed by atoms with Gasteiger partial charge in [0.15, 0.2) is 0 Å². The Hall–Kier alpha value is -1.69. The minimum atomic E-state index is -0.325. The van der Waals surface area contributed by atoms with E-state index in [1.807, 2.05) is 6.92 Å². The van der Waals surface area contributed by atoms with E-state index < -0.39 is 0 Å². The van der Waals surface area contributed by atoms with Gasteiger partial charge in [-0.15, -0.1) is 0 Å². The molecule has 1 aromatic rings. The summed E-state index contributed by atoms with van der Waals surface area (Å²) in [4.78, 5) is 22.6. The molecule has 1 aliphatic heterocycles. The molecule has 2 N–H and O–H groups in total. The van der Waals surface area contributed by atoms with Gasteiger partial charge in [-0.25, -0.2) is 5.10 Å². The highest BCUT2D eigenvalue weighted by atomic mass is 16.5. The smallest absolute Gasteiger partial charge is 0.272 e. The number of H-pyrrole nitrogens is 1. The maximum Gasteiger partial charge on any atom is 0.272 e. The Balaban J connectivity index is 1.96. The van der Waals surface area contributed by atoms with Crippen molar-refractivity contribution < 1.29 is 9.53 Å². The van der Waals surface area contributed by atoms with Crippen molar-refractivity contribution in [2.75, 3.05) is 6.61 Å². The van der Waals surface area contributed by atoms with Crippen molar-refractivity contribution in [3.8, 4) is 0 Å². The van der Waals surface area contributed by atoms with E-state index in [1.165, 1.54) is 12.1 Å². The number of rotatable bonds is 3. The fourth-order valence-corrected chi connectivity index (χ4v) is 1.84. The van der Waals surface area contributed by atoms with Crippen molar-refractivity contribution in [3.05, 3.63) is 28.2 Å². The molecule has 1 fully saturated rings. The van der Waals surface area contributed by atoms with Crippen LogP contribution >= 0.6 is 0 Å². The number of aromatic nitrogens is 2. The molecule has 2 atom stereocenters. The molecule has 0 aliphatic carbocycles. The summed E-state index contributed by atoms with van der Waals surface area (Å²) in [5, 5.41) is 8.70. The van der Waals surface area contributed by atoms with Gasteiger partial charge in [0, 0.05) is 12.7 Å². The highest BCUT2D eigenvalue weighted by Crippen LogP contribution is 2.15. The Bertz CT molecular complexity index is 431. The van der Waals surface area contributed by atoms with E-state index in [0.717, 1.165) is 19.4 Å². The van der Waals surface area contributed by atoms with Crippen molar-refractivity contribution in [1.82, 2.24) is 15.5 Å². The Labute approximate surface area is 98.4 Å². The van der Waals surface area contributed by atoms with Crippen LogP contribution in [0.4, 0.5) is 0 Å². The second kappa shape index (κ2) is 5.09. The Morgan fingerprint density at radius 1 is 1.65 bits per heavy atom. The lowest BCUT2D eigenvalue weighted by Crippen LogP contribution is -2.41. The first-order valence-corrected chi connectivity index (χ1v) is 5.65. The van der Waals surface area contributed by atoms with E-state index in [-0.39, 0.29) is 29.3 Å². The van der Waals surface area contributed by atoms with Gasteiger partial charge in [0.2, 0.25) is 0 Å². The van der Waals surface area contributed by atoms with Crippen molar-refractivity contribution in [2.45, 2.75) is 31.9 Å². The number of aromatic amines is 1. The van der Waals surface area contributed by atoms with Crippen LogP contribution in [0.2, 0.25) is 0 Å². The number of nitrogens with one attached hydrogen (secondary N) is 2. The molecule has 92 valence electrons. The second-order valence-corrected chi connectivity index (χ2v) is 4.12. The van der Waals surface area contributed by atoms with Crippen LogP contribution in [0.3, 0.4) is 0 Å². The monoisotopic (exact) mass is 237 g/mol. The molecule has 0 saturated carbocycles. The molecule has 0 radical (unpaired) electrons. The van der Waals surface area contributed by atoms with E-state index in [2.05, 4.69) is 15.5 Å². The lowest BCUT2D eigenvalue weighted by Gasteiger charge is -2.19. The topological polar surface area (TPSA) is 84.1 Å². The van der Waals surface area contributed by atoms with Gasteiger partial charge in [-0.2, -0.15) is 5.10 Å². The maximum absolute atomic E-state index is 11.8. The number of amides is 1. The van der Waals surface area contributed by atoms with E-state index in [0.29, 0.717) is 0 Å². The Morgan fingerprint density at radius 3 is 3.06 bits per heavy atom. The van der Waals surface area contributed by atoms with Gasteiger partial charge < -0.3 is 10.1 Å². The third-order valence-electron chi connectivity index (χ3n) is 2.79. The molecular weight excluding hydrogens is 222 g/mol. The van der Waals surface area contributed by atoms with Crippen LogP contribution in [0, 0.1) is 0 Å². The zero-order chi connectivity index (χ0) is 12.3. The molecule has 1 amide bonds. The third-order valence-corrected chi connectivity index (χ3v) is 2.79. The molecule has 6 heteroatoms. The van der Waals surface area contributed by atoms with Crippen LogP contribution in [-0.2, 0) is 4.74 Å². The van der Waals surface area contributed by atoms with E-state index >= 15 is 0 Å². The minimum Gasteiger partial charge on any atom is -0.376 e. The Morgan fingerprint density at radius 2 is 2.47 bits per heavy atom. The van der Waals surface area contributed by atoms with Crippen molar-refractivity contribution in [3.63, 3.8) is 0 Å². The summed E-state index contributed by atoms with van der Waals surface area (Å²) >= 11 is 0. The van der Waals surface area contributed by atoms with Crippen molar-refractivity contribution >= 4 is 5.91 Å². The summed E-state index contributed by atoms with van der Waals surface area (Å²) in [6.45, 7) is 2.65. The zero-order valence-electron chi connectivity index (χ0n) is 9.60. The average molecular weight is 237 g/mol. The molecule has 0 aromatic carbocycles. The molecule has 0 bridgehead atoms. The molecule has 1 aromatic heterocycles. The molecule has 17 heavy (non-hydrogen) atoms. The zero-order valence-corrected chi connectivity index (χ0v) is 9.60. The summed E-state index contributed by atoms with van der Waals surface area (Å²) in [5.41, 5.74) is -0.122. The molecule has 2 heterocycles. The lowest BCUT2D eigenvalue weighted by molar-refractivity contribution is 0.0709. The lowest BCUT2D eigenvalue weighted by atomic mass is 10.1. The number of ether oxygens (including phenoxy) is 1. The van der Waals surface area contributed by atoms with Gasteiger partial charge in [0.25, 0.3) is 11.5 Å². The fraction of sp³-hybridized carbons (Fsp3) is 0.545. The maximum atomic E-state index is 11.8. The quantitative estimate of drug-likeness (QED) is 0.779. The predicted molar refractivity (Wildman–Crippen MR) is 60.8 cm³/mol. The molecule has 6 nitrogen and oxygen atoms in total. The third kappa shape index (κ3) is 2.91. The van der Waals surface area contributed by atoms with Gasteiger partial charge in [-0.1, -0.05) is 0 Å². The van der Waals surface area contributed by atoms with Crippen LogP contribution in [0.1, 0.15) is 30.3 Å². The highest BCUT2D eigenvalue weighted by Gasteiger charge is 2.24. The van der Waals surface area contributed by atoms with Gasteiger partial charge in [0.05, 0.1) is 12.1 Å². The first-order chi connectivity index (χ1) is 8.16. The molecule has 0 spiro atoms. The van der Waals surface area contributed by atoms with Crippen LogP contribution < -0.4 is 10.9 Å². The first kappa shape index (κ1) is 11.8. The summed E-state index contributed by atoms with van der Waals surface area (Å²) in [7, 11) is 0. The predicted octanol–water partition coefficient (Wildman–Crippen LogP) is 0.0672. The minimum absolute atomic E-state index is 0.0567.